The molecule has 0 amide bonds. The molecule has 1 saturated heterocycles. The first-order valence-corrected chi connectivity index (χ1v) is 9.73. The third-order valence-corrected chi connectivity index (χ3v) is 4.74. The zero-order chi connectivity index (χ0) is 18.8. The number of halogens is 1. The molecule has 2 rings (SSSR count). The topological polar surface area (TPSA) is 34.1 Å². The van der Waals surface area contributed by atoms with Crippen LogP contribution in [0.1, 0.15) is 25.3 Å². The summed E-state index contributed by atoms with van der Waals surface area (Å²) in [5.41, 5.74) is 1.08. The summed E-state index contributed by atoms with van der Waals surface area (Å²) in [6.45, 7) is 10.3. The maximum Gasteiger partial charge on any atom is 0.193 e. The SMILES string of the molecule is CCNC(=NCCCN1CCCN(C)CC1)N(C)Cc1ccc(F)cc1. The van der Waals surface area contributed by atoms with Crippen molar-refractivity contribution in [1.29, 1.82) is 0 Å². The lowest BCUT2D eigenvalue weighted by atomic mass is 10.2. The van der Waals surface area contributed by atoms with Gasteiger partial charge < -0.3 is 20.0 Å². The van der Waals surface area contributed by atoms with E-state index in [4.69, 9.17) is 4.99 Å². The van der Waals surface area contributed by atoms with E-state index in [0.29, 0.717) is 6.54 Å². The summed E-state index contributed by atoms with van der Waals surface area (Å²) in [5, 5.41) is 3.35. The first-order chi connectivity index (χ1) is 12.6. The second kappa shape index (κ2) is 11.1. The van der Waals surface area contributed by atoms with E-state index in [1.54, 1.807) is 0 Å². The highest BCUT2D eigenvalue weighted by Gasteiger charge is 2.11. The van der Waals surface area contributed by atoms with E-state index in [9.17, 15) is 4.39 Å². The van der Waals surface area contributed by atoms with Crippen molar-refractivity contribution < 1.29 is 4.39 Å². The largest absolute Gasteiger partial charge is 0.357 e. The van der Waals surface area contributed by atoms with Crippen molar-refractivity contribution >= 4 is 5.96 Å². The van der Waals surface area contributed by atoms with Crippen molar-refractivity contribution in [3.63, 3.8) is 0 Å². The number of nitrogens with one attached hydrogen (secondary N) is 1. The third-order valence-electron chi connectivity index (χ3n) is 4.74. The van der Waals surface area contributed by atoms with Crippen LogP contribution >= 0.6 is 0 Å². The van der Waals surface area contributed by atoms with Crippen LogP contribution in [0.3, 0.4) is 0 Å². The molecule has 0 bridgehead atoms. The zero-order valence-corrected chi connectivity index (χ0v) is 16.5. The zero-order valence-electron chi connectivity index (χ0n) is 16.5. The molecular weight excluding hydrogens is 329 g/mol. The Balaban J connectivity index is 1.80. The first kappa shape index (κ1) is 20.6. The number of hydrogen-bond donors (Lipinski definition) is 1. The van der Waals surface area contributed by atoms with Crippen LogP contribution in [0.15, 0.2) is 29.3 Å². The van der Waals surface area contributed by atoms with Gasteiger partial charge in [0, 0.05) is 39.8 Å². The molecule has 0 spiro atoms. The van der Waals surface area contributed by atoms with E-state index in [0.717, 1.165) is 50.7 Å². The monoisotopic (exact) mass is 363 g/mol. The van der Waals surface area contributed by atoms with Gasteiger partial charge in [0.15, 0.2) is 5.96 Å². The van der Waals surface area contributed by atoms with Gasteiger partial charge in [0.25, 0.3) is 0 Å². The Hall–Kier alpha value is -1.66. The quantitative estimate of drug-likeness (QED) is 0.458. The minimum absolute atomic E-state index is 0.198. The van der Waals surface area contributed by atoms with Crippen LogP contribution in [-0.4, -0.2) is 80.6 Å². The molecule has 1 aliphatic heterocycles. The molecule has 0 aliphatic carbocycles. The molecule has 1 aliphatic rings. The van der Waals surface area contributed by atoms with Gasteiger partial charge in [-0.15, -0.1) is 0 Å². The summed E-state index contributed by atoms with van der Waals surface area (Å²) in [6, 6.07) is 6.66. The summed E-state index contributed by atoms with van der Waals surface area (Å²) in [4.78, 5) is 11.8. The van der Waals surface area contributed by atoms with Crippen LogP contribution in [0.5, 0.6) is 0 Å². The summed E-state index contributed by atoms with van der Waals surface area (Å²) in [7, 11) is 4.23. The highest BCUT2D eigenvalue weighted by Crippen LogP contribution is 2.06. The normalized spacial score (nSPS) is 17.2. The molecule has 0 unspecified atom stereocenters. The van der Waals surface area contributed by atoms with Crippen molar-refractivity contribution in [3.8, 4) is 0 Å². The number of benzene rings is 1. The molecule has 6 heteroatoms. The Morgan fingerprint density at radius 1 is 1.19 bits per heavy atom. The van der Waals surface area contributed by atoms with E-state index in [-0.39, 0.29) is 5.82 Å². The van der Waals surface area contributed by atoms with Gasteiger partial charge in [0.05, 0.1) is 0 Å². The fraction of sp³-hybridized carbons (Fsp3) is 0.650. The lowest BCUT2D eigenvalue weighted by Gasteiger charge is -2.23. The molecule has 146 valence electrons. The van der Waals surface area contributed by atoms with Crippen LogP contribution in [0, 0.1) is 5.82 Å². The molecule has 5 nitrogen and oxygen atoms in total. The minimum Gasteiger partial charge on any atom is -0.357 e. The predicted octanol–water partition coefficient (Wildman–Crippen LogP) is 2.25. The van der Waals surface area contributed by atoms with Gasteiger partial charge in [-0.05, 0) is 64.1 Å². The van der Waals surface area contributed by atoms with Gasteiger partial charge >= 0.3 is 0 Å². The first-order valence-electron chi connectivity index (χ1n) is 9.73. The summed E-state index contributed by atoms with van der Waals surface area (Å²) < 4.78 is 13.1. The Morgan fingerprint density at radius 2 is 1.96 bits per heavy atom. The van der Waals surface area contributed by atoms with Crippen LogP contribution in [-0.2, 0) is 6.54 Å². The van der Waals surface area contributed by atoms with Crippen molar-refractivity contribution in [2.24, 2.45) is 4.99 Å². The molecule has 1 fully saturated rings. The summed E-state index contributed by atoms with van der Waals surface area (Å²) >= 11 is 0. The fourth-order valence-corrected chi connectivity index (χ4v) is 3.21. The van der Waals surface area contributed by atoms with E-state index < -0.39 is 0 Å². The molecule has 1 aromatic carbocycles. The van der Waals surface area contributed by atoms with Crippen molar-refractivity contribution in [2.75, 3.05) is 59.9 Å². The highest BCUT2D eigenvalue weighted by molar-refractivity contribution is 5.79. The second-order valence-electron chi connectivity index (χ2n) is 7.07. The summed E-state index contributed by atoms with van der Waals surface area (Å²) in [5.74, 6) is 0.712. The average molecular weight is 364 g/mol. The molecule has 0 aromatic heterocycles. The number of rotatable bonds is 7. The van der Waals surface area contributed by atoms with Gasteiger partial charge in [-0.2, -0.15) is 0 Å². The maximum absolute atomic E-state index is 13.1. The fourth-order valence-electron chi connectivity index (χ4n) is 3.21. The molecule has 0 radical (unpaired) electrons. The van der Waals surface area contributed by atoms with E-state index in [2.05, 4.69) is 34.0 Å². The van der Waals surface area contributed by atoms with Crippen molar-refractivity contribution in [1.82, 2.24) is 20.0 Å². The molecule has 1 N–H and O–H groups in total. The third kappa shape index (κ3) is 7.30. The van der Waals surface area contributed by atoms with E-state index >= 15 is 0 Å². The Bertz CT molecular complexity index is 546. The molecule has 1 aromatic rings. The number of likely N-dealkylation sites (N-methyl/N-ethyl adjacent to an activating group) is 1. The van der Waals surface area contributed by atoms with Gasteiger partial charge in [0.2, 0.25) is 0 Å². The molecule has 0 saturated carbocycles. The number of hydrogen-bond acceptors (Lipinski definition) is 3. The molecule has 26 heavy (non-hydrogen) atoms. The van der Waals surface area contributed by atoms with Crippen LogP contribution in [0.2, 0.25) is 0 Å². The average Bonchev–Trinajstić information content (AvgIpc) is 2.84. The van der Waals surface area contributed by atoms with Gasteiger partial charge in [-0.1, -0.05) is 12.1 Å². The Labute approximate surface area is 157 Å². The Morgan fingerprint density at radius 3 is 2.69 bits per heavy atom. The molecule has 1 heterocycles. The highest BCUT2D eigenvalue weighted by atomic mass is 19.1. The lowest BCUT2D eigenvalue weighted by molar-refractivity contribution is 0.275. The van der Waals surface area contributed by atoms with Crippen molar-refractivity contribution in [3.05, 3.63) is 35.6 Å². The minimum atomic E-state index is -0.198. The number of nitrogens with zero attached hydrogens (tertiary/aromatic N) is 4. The van der Waals surface area contributed by atoms with Gasteiger partial charge in [0.1, 0.15) is 5.82 Å². The van der Waals surface area contributed by atoms with Gasteiger partial charge in [-0.25, -0.2) is 4.39 Å². The second-order valence-corrected chi connectivity index (χ2v) is 7.07. The summed E-state index contributed by atoms with van der Waals surface area (Å²) in [6.07, 6.45) is 2.33. The van der Waals surface area contributed by atoms with Crippen LogP contribution in [0.4, 0.5) is 4.39 Å². The lowest BCUT2D eigenvalue weighted by Crippen LogP contribution is -2.38. The van der Waals surface area contributed by atoms with Gasteiger partial charge in [-0.3, -0.25) is 4.99 Å². The molecule has 0 atom stereocenters. The standard InChI is InChI=1S/C20H34FN5/c1-4-22-20(25(3)17-18-7-9-19(21)10-8-18)23-11-5-13-26-14-6-12-24(2)15-16-26/h7-10H,4-6,11-17H2,1-3H3,(H,22,23). The van der Waals surface area contributed by atoms with Crippen LogP contribution < -0.4 is 5.32 Å². The number of guanidine groups is 1. The number of aliphatic imine (C=N–C) groups is 1. The smallest absolute Gasteiger partial charge is 0.193 e. The maximum atomic E-state index is 13.1. The van der Waals surface area contributed by atoms with Crippen LogP contribution in [0.25, 0.3) is 0 Å². The van der Waals surface area contributed by atoms with E-state index in [1.165, 1.54) is 31.6 Å². The Kier molecular flexibility index (Phi) is 8.85. The molecular formula is C20H34FN5. The van der Waals surface area contributed by atoms with Crippen molar-refractivity contribution in [2.45, 2.75) is 26.3 Å². The van der Waals surface area contributed by atoms with E-state index in [1.807, 2.05) is 19.2 Å². The predicted molar refractivity (Wildman–Crippen MR) is 107 cm³/mol.